The van der Waals surface area contributed by atoms with Gasteiger partial charge in [-0.25, -0.2) is 13.1 Å². The Kier molecular flexibility index (Phi) is 7.28. The highest BCUT2D eigenvalue weighted by Gasteiger charge is 2.33. The molecule has 3 atom stereocenters. The van der Waals surface area contributed by atoms with Gasteiger partial charge in [-0.1, -0.05) is 24.3 Å². The minimum Gasteiger partial charge on any atom is -0.495 e. The van der Waals surface area contributed by atoms with Crippen LogP contribution >= 0.6 is 0 Å². The maximum absolute atomic E-state index is 12.8. The van der Waals surface area contributed by atoms with Gasteiger partial charge < -0.3 is 19.5 Å². The smallest absolute Gasteiger partial charge is 0.244 e. The van der Waals surface area contributed by atoms with Crippen LogP contribution in [0.15, 0.2) is 41.3 Å². The summed E-state index contributed by atoms with van der Waals surface area (Å²) in [7, 11) is -2.49. The molecule has 0 spiro atoms. The van der Waals surface area contributed by atoms with Gasteiger partial charge >= 0.3 is 0 Å². The van der Waals surface area contributed by atoms with Gasteiger partial charge in [-0.2, -0.15) is 0 Å². The second-order valence-electron chi connectivity index (χ2n) is 7.22. The fourth-order valence-electron chi connectivity index (χ4n) is 3.64. The Morgan fingerprint density at radius 1 is 1.24 bits per heavy atom. The number of aliphatic hydroxyl groups excluding tert-OH is 1. The summed E-state index contributed by atoms with van der Waals surface area (Å²) in [4.78, 5) is 14.3. The van der Waals surface area contributed by atoms with E-state index in [0.717, 1.165) is 32.4 Å². The van der Waals surface area contributed by atoms with Gasteiger partial charge in [0.05, 0.1) is 32.3 Å². The van der Waals surface area contributed by atoms with E-state index in [2.05, 4.69) is 4.72 Å². The van der Waals surface area contributed by atoms with Crippen molar-refractivity contribution >= 4 is 15.9 Å². The average molecular weight is 425 g/mol. The lowest BCUT2D eigenvalue weighted by Gasteiger charge is -2.33. The predicted molar refractivity (Wildman–Crippen MR) is 107 cm³/mol. The first-order valence-corrected chi connectivity index (χ1v) is 11.3. The maximum Gasteiger partial charge on any atom is 0.244 e. The molecule has 8 nitrogen and oxygen atoms in total. The van der Waals surface area contributed by atoms with Crippen molar-refractivity contribution in [3.63, 3.8) is 0 Å². The number of methoxy groups -OCH3 is 1. The number of sulfonamides is 1. The number of aliphatic hydroxyl groups is 1. The van der Waals surface area contributed by atoms with Crippen molar-refractivity contribution in [2.24, 2.45) is 0 Å². The predicted octanol–water partition coefficient (Wildman–Crippen LogP) is 1.06. The third-order valence-corrected chi connectivity index (χ3v) is 6.70. The van der Waals surface area contributed by atoms with Gasteiger partial charge in [-0.05, 0) is 31.4 Å². The van der Waals surface area contributed by atoms with Crippen molar-refractivity contribution < 1.29 is 27.8 Å². The summed E-state index contributed by atoms with van der Waals surface area (Å²) in [6.45, 7) is 1.15. The molecule has 1 fully saturated rings. The lowest BCUT2D eigenvalue weighted by atomic mass is 10.0. The molecular formula is C20H28N2O6S. The number of piperidine rings is 1. The van der Waals surface area contributed by atoms with Crippen molar-refractivity contribution in [1.82, 2.24) is 9.62 Å². The quantitative estimate of drug-likeness (QED) is 0.634. The molecule has 2 aliphatic heterocycles. The number of para-hydroxylation sites is 1. The first-order chi connectivity index (χ1) is 13.9. The number of nitrogens with zero attached hydrogens (tertiary/aromatic N) is 1. The monoisotopic (exact) mass is 424 g/mol. The summed E-state index contributed by atoms with van der Waals surface area (Å²) < 4.78 is 39.1. The van der Waals surface area contributed by atoms with Crippen LogP contribution < -0.4 is 9.46 Å². The SMILES string of the molecule is COc1ccccc1S(=O)(=O)N[C@@H]1C=C[C@@H](CC(=O)N2CCCCC2)O[C@H]1CO. The first-order valence-electron chi connectivity index (χ1n) is 9.82. The highest BCUT2D eigenvalue weighted by molar-refractivity contribution is 7.89. The highest BCUT2D eigenvalue weighted by atomic mass is 32.2. The van der Waals surface area contributed by atoms with E-state index in [0.29, 0.717) is 0 Å². The van der Waals surface area contributed by atoms with Gasteiger partial charge in [-0.15, -0.1) is 0 Å². The van der Waals surface area contributed by atoms with Gasteiger partial charge in [0, 0.05) is 13.1 Å². The zero-order chi connectivity index (χ0) is 20.9. The van der Waals surface area contributed by atoms with Gasteiger partial charge in [0.15, 0.2) is 0 Å². The molecule has 160 valence electrons. The summed E-state index contributed by atoms with van der Waals surface area (Å²) in [5, 5.41) is 9.72. The topological polar surface area (TPSA) is 105 Å². The van der Waals surface area contributed by atoms with Gasteiger partial charge in [-0.3, -0.25) is 4.79 Å². The molecule has 29 heavy (non-hydrogen) atoms. The molecule has 0 saturated carbocycles. The van der Waals surface area contributed by atoms with Crippen LogP contribution in [-0.4, -0.2) is 69.4 Å². The average Bonchev–Trinajstić information content (AvgIpc) is 2.75. The standard InChI is InChI=1S/C20H28N2O6S/c1-27-17-7-3-4-8-19(17)29(25,26)21-16-10-9-15(28-18(16)14-23)13-20(24)22-11-5-2-6-12-22/h3-4,7-10,15-16,18,21,23H,2,5-6,11-14H2,1H3/t15-,16+,18-/m0/s1. The molecule has 0 aromatic heterocycles. The molecule has 1 aromatic rings. The summed E-state index contributed by atoms with van der Waals surface area (Å²) in [6, 6.07) is 5.55. The lowest BCUT2D eigenvalue weighted by molar-refractivity contribution is -0.136. The number of nitrogens with one attached hydrogen (secondary N) is 1. The van der Waals surface area contributed by atoms with Crippen molar-refractivity contribution in [3.05, 3.63) is 36.4 Å². The Morgan fingerprint density at radius 2 is 1.97 bits per heavy atom. The number of hydrogen-bond donors (Lipinski definition) is 2. The molecule has 0 bridgehead atoms. The van der Waals surface area contributed by atoms with Gasteiger partial charge in [0.1, 0.15) is 16.7 Å². The molecule has 0 aliphatic carbocycles. The molecule has 2 heterocycles. The second kappa shape index (κ2) is 9.71. The third-order valence-electron chi connectivity index (χ3n) is 5.20. The Balaban J connectivity index is 1.67. The zero-order valence-electron chi connectivity index (χ0n) is 16.5. The van der Waals surface area contributed by atoms with Crippen molar-refractivity contribution in [1.29, 1.82) is 0 Å². The number of rotatable bonds is 7. The van der Waals surface area contributed by atoms with E-state index in [-0.39, 0.29) is 29.6 Å². The van der Waals surface area contributed by atoms with E-state index in [4.69, 9.17) is 9.47 Å². The van der Waals surface area contributed by atoms with Crippen molar-refractivity contribution in [2.45, 2.75) is 48.8 Å². The van der Waals surface area contributed by atoms with E-state index in [1.54, 1.807) is 30.4 Å². The van der Waals surface area contributed by atoms with Crippen molar-refractivity contribution in [2.75, 3.05) is 26.8 Å². The molecule has 3 rings (SSSR count). The summed E-state index contributed by atoms with van der Waals surface area (Å²) in [5.74, 6) is 0.246. The normalized spacial score (nSPS) is 25.0. The number of carbonyl (C=O) groups excluding carboxylic acids is 1. The van der Waals surface area contributed by atoms with Crippen LogP contribution in [0.2, 0.25) is 0 Å². The van der Waals surface area contributed by atoms with Crippen LogP contribution in [0.1, 0.15) is 25.7 Å². The Morgan fingerprint density at radius 3 is 2.66 bits per heavy atom. The van der Waals surface area contributed by atoms with Crippen LogP contribution in [-0.2, 0) is 19.6 Å². The second-order valence-corrected chi connectivity index (χ2v) is 8.91. The lowest BCUT2D eigenvalue weighted by Crippen LogP contribution is -2.49. The minimum atomic E-state index is -3.90. The summed E-state index contributed by atoms with van der Waals surface area (Å²) in [6.07, 6.45) is 5.40. The molecule has 9 heteroatoms. The maximum atomic E-state index is 12.8. The highest BCUT2D eigenvalue weighted by Crippen LogP contribution is 2.25. The van der Waals surface area contributed by atoms with Crippen LogP contribution in [0.4, 0.5) is 0 Å². The van der Waals surface area contributed by atoms with Crippen LogP contribution in [0.5, 0.6) is 5.75 Å². The Hall–Kier alpha value is -1.94. The molecule has 2 aliphatic rings. The molecule has 1 saturated heterocycles. The van der Waals surface area contributed by atoms with Gasteiger partial charge in [0.25, 0.3) is 0 Å². The molecule has 0 radical (unpaired) electrons. The Bertz CT molecular complexity index is 835. The van der Waals surface area contributed by atoms with E-state index in [9.17, 15) is 18.3 Å². The zero-order valence-corrected chi connectivity index (χ0v) is 17.3. The fourth-order valence-corrected chi connectivity index (χ4v) is 5.03. The first kappa shape index (κ1) is 21.8. The van der Waals surface area contributed by atoms with E-state index in [1.165, 1.54) is 13.2 Å². The number of ether oxygens (including phenoxy) is 2. The number of amides is 1. The largest absolute Gasteiger partial charge is 0.495 e. The fraction of sp³-hybridized carbons (Fsp3) is 0.550. The molecule has 1 aromatic carbocycles. The van der Waals surface area contributed by atoms with E-state index >= 15 is 0 Å². The number of likely N-dealkylation sites (tertiary alicyclic amines) is 1. The summed E-state index contributed by atoms with van der Waals surface area (Å²) in [5.41, 5.74) is 0. The van der Waals surface area contributed by atoms with Crippen LogP contribution in [0.3, 0.4) is 0 Å². The molecule has 2 N–H and O–H groups in total. The summed E-state index contributed by atoms with van der Waals surface area (Å²) >= 11 is 0. The third kappa shape index (κ3) is 5.36. The van der Waals surface area contributed by atoms with Crippen LogP contribution in [0.25, 0.3) is 0 Å². The van der Waals surface area contributed by atoms with Gasteiger partial charge in [0.2, 0.25) is 15.9 Å². The molecule has 0 unspecified atom stereocenters. The van der Waals surface area contributed by atoms with E-state index in [1.807, 2.05) is 4.90 Å². The van der Waals surface area contributed by atoms with Crippen LogP contribution in [0, 0.1) is 0 Å². The number of carbonyl (C=O) groups is 1. The van der Waals surface area contributed by atoms with E-state index < -0.39 is 28.3 Å². The number of hydrogen-bond acceptors (Lipinski definition) is 6. The molecular weight excluding hydrogens is 396 g/mol. The Labute approximate surface area is 171 Å². The number of benzene rings is 1. The molecule has 1 amide bonds. The minimum absolute atomic E-state index is 0.00925. The van der Waals surface area contributed by atoms with Crippen molar-refractivity contribution in [3.8, 4) is 5.75 Å².